The maximum atomic E-state index is 12.6. The maximum absolute atomic E-state index is 12.6. The van der Waals surface area contributed by atoms with Crippen LogP contribution in [-0.2, 0) is 16.0 Å². The van der Waals surface area contributed by atoms with Crippen LogP contribution >= 0.6 is 11.6 Å². The zero-order valence-electron chi connectivity index (χ0n) is 13.2. The van der Waals surface area contributed by atoms with Crippen molar-refractivity contribution < 1.29 is 9.53 Å². The Hall–Kier alpha value is -1.91. The summed E-state index contributed by atoms with van der Waals surface area (Å²) in [6.45, 7) is 1.24. The summed E-state index contributed by atoms with van der Waals surface area (Å²) < 4.78 is 5.00. The highest BCUT2D eigenvalue weighted by atomic mass is 35.5. The number of ether oxygens (including phenoxy) is 1. The summed E-state index contributed by atoms with van der Waals surface area (Å²) in [7, 11) is 1.65. The molecule has 1 heterocycles. The minimum atomic E-state index is -0.253. The van der Waals surface area contributed by atoms with Crippen molar-refractivity contribution in [3.63, 3.8) is 0 Å². The third-order valence-corrected chi connectivity index (χ3v) is 3.85. The van der Waals surface area contributed by atoms with Gasteiger partial charge in [-0.2, -0.15) is 0 Å². The minimum absolute atomic E-state index is 0.0141. The van der Waals surface area contributed by atoms with Crippen LogP contribution in [0.5, 0.6) is 0 Å². The lowest BCUT2D eigenvalue weighted by atomic mass is 9.91. The number of rotatable bonds is 8. The van der Waals surface area contributed by atoms with Gasteiger partial charge in [0.05, 0.1) is 5.92 Å². The third-order valence-electron chi connectivity index (χ3n) is 3.60. The number of halogens is 1. The van der Waals surface area contributed by atoms with Crippen molar-refractivity contribution in [1.29, 1.82) is 0 Å². The van der Waals surface area contributed by atoms with Gasteiger partial charge in [0.15, 0.2) is 0 Å². The second-order valence-electron chi connectivity index (χ2n) is 5.30. The normalized spacial score (nSPS) is 11.9. The average molecular weight is 333 g/mol. The first-order chi connectivity index (χ1) is 11.2. The van der Waals surface area contributed by atoms with Crippen molar-refractivity contribution in [2.75, 3.05) is 20.3 Å². The van der Waals surface area contributed by atoms with E-state index < -0.39 is 0 Å². The van der Waals surface area contributed by atoms with E-state index >= 15 is 0 Å². The summed E-state index contributed by atoms with van der Waals surface area (Å²) in [6.07, 6.45) is 4.90. The van der Waals surface area contributed by atoms with Crippen molar-refractivity contribution >= 4 is 17.5 Å². The number of hydrogen-bond acceptors (Lipinski definition) is 3. The predicted octanol–water partition coefficient (Wildman–Crippen LogP) is 3.21. The molecule has 1 unspecified atom stereocenters. The highest BCUT2D eigenvalue weighted by Crippen LogP contribution is 2.23. The molecule has 0 saturated heterocycles. The van der Waals surface area contributed by atoms with E-state index in [0.717, 1.165) is 17.5 Å². The molecule has 1 atom stereocenters. The van der Waals surface area contributed by atoms with Gasteiger partial charge in [-0.3, -0.25) is 9.78 Å². The molecule has 4 nitrogen and oxygen atoms in total. The first-order valence-electron chi connectivity index (χ1n) is 7.61. The zero-order valence-corrected chi connectivity index (χ0v) is 13.9. The Balaban J connectivity index is 2.10. The number of methoxy groups -OCH3 is 1. The molecule has 0 aliphatic heterocycles. The van der Waals surface area contributed by atoms with Crippen LogP contribution in [0, 0.1) is 0 Å². The van der Waals surface area contributed by atoms with Crippen molar-refractivity contribution in [3.05, 3.63) is 64.9 Å². The fourth-order valence-electron chi connectivity index (χ4n) is 2.36. The number of carbonyl (C=O) groups excluding carboxylic acids is 1. The summed E-state index contributed by atoms with van der Waals surface area (Å²) in [6, 6.07) is 11.3. The van der Waals surface area contributed by atoms with Gasteiger partial charge < -0.3 is 10.1 Å². The molecule has 1 aromatic carbocycles. The lowest BCUT2D eigenvalue weighted by Gasteiger charge is -2.17. The fraction of sp³-hybridized carbons (Fsp3) is 0.333. The van der Waals surface area contributed by atoms with Gasteiger partial charge in [0.25, 0.3) is 0 Å². The van der Waals surface area contributed by atoms with E-state index in [4.69, 9.17) is 16.3 Å². The number of pyridine rings is 1. The predicted molar refractivity (Wildman–Crippen MR) is 91.6 cm³/mol. The molecule has 2 aromatic rings. The van der Waals surface area contributed by atoms with E-state index in [1.165, 1.54) is 0 Å². The van der Waals surface area contributed by atoms with Gasteiger partial charge in [0.2, 0.25) is 5.91 Å². The smallest absolute Gasteiger partial charge is 0.227 e. The zero-order chi connectivity index (χ0) is 16.5. The van der Waals surface area contributed by atoms with Crippen LogP contribution in [0.3, 0.4) is 0 Å². The number of carbonyl (C=O) groups is 1. The molecule has 0 bridgehead atoms. The molecule has 1 amide bonds. The molecular weight excluding hydrogens is 312 g/mol. The SMILES string of the molecule is COCCCNC(=O)C(Cc1ccncc1)c1ccc(Cl)cc1. The summed E-state index contributed by atoms with van der Waals surface area (Å²) in [5, 5.41) is 3.65. The summed E-state index contributed by atoms with van der Waals surface area (Å²) in [4.78, 5) is 16.6. The van der Waals surface area contributed by atoms with E-state index in [1.807, 2.05) is 36.4 Å². The molecule has 23 heavy (non-hydrogen) atoms. The number of nitrogens with one attached hydrogen (secondary N) is 1. The number of amides is 1. The molecule has 0 saturated carbocycles. The fourth-order valence-corrected chi connectivity index (χ4v) is 2.49. The number of hydrogen-bond donors (Lipinski definition) is 1. The van der Waals surface area contributed by atoms with E-state index in [-0.39, 0.29) is 11.8 Å². The van der Waals surface area contributed by atoms with Crippen molar-refractivity contribution in [1.82, 2.24) is 10.3 Å². The molecule has 0 aliphatic rings. The first kappa shape index (κ1) is 17.4. The van der Waals surface area contributed by atoms with Crippen LogP contribution in [0.2, 0.25) is 5.02 Å². The second kappa shape index (κ2) is 9.28. The quantitative estimate of drug-likeness (QED) is 0.755. The van der Waals surface area contributed by atoms with E-state index in [9.17, 15) is 4.79 Å². The van der Waals surface area contributed by atoms with Crippen LogP contribution in [0.25, 0.3) is 0 Å². The van der Waals surface area contributed by atoms with Crippen LogP contribution in [0.15, 0.2) is 48.8 Å². The lowest BCUT2D eigenvalue weighted by Crippen LogP contribution is -2.31. The molecule has 0 spiro atoms. The van der Waals surface area contributed by atoms with Gasteiger partial charge in [0.1, 0.15) is 0 Å². The average Bonchev–Trinajstić information content (AvgIpc) is 2.58. The standard InChI is InChI=1S/C18H21ClN2O2/c1-23-12-2-9-21-18(22)17(13-14-7-10-20-11-8-14)15-3-5-16(19)6-4-15/h3-8,10-11,17H,2,9,12-13H2,1H3,(H,21,22). The van der Waals surface area contributed by atoms with E-state index in [2.05, 4.69) is 10.3 Å². The Labute approximate surface area is 141 Å². The van der Waals surface area contributed by atoms with Gasteiger partial charge in [0, 0.05) is 37.7 Å². The third kappa shape index (κ3) is 5.66. The van der Waals surface area contributed by atoms with Crippen LogP contribution in [0.1, 0.15) is 23.5 Å². The molecule has 0 radical (unpaired) electrons. The highest BCUT2D eigenvalue weighted by Gasteiger charge is 2.20. The lowest BCUT2D eigenvalue weighted by molar-refractivity contribution is -0.122. The number of benzene rings is 1. The Morgan fingerprint density at radius 1 is 1.22 bits per heavy atom. The summed E-state index contributed by atoms with van der Waals surface area (Å²) in [5.74, 6) is -0.238. The van der Waals surface area contributed by atoms with Gasteiger partial charge in [-0.05, 0) is 48.2 Å². The van der Waals surface area contributed by atoms with Crippen molar-refractivity contribution in [2.45, 2.75) is 18.8 Å². The minimum Gasteiger partial charge on any atom is -0.385 e. The van der Waals surface area contributed by atoms with E-state index in [0.29, 0.717) is 24.6 Å². The monoisotopic (exact) mass is 332 g/mol. The molecule has 1 N–H and O–H groups in total. The molecule has 2 rings (SSSR count). The topological polar surface area (TPSA) is 51.2 Å². The molecular formula is C18H21ClN2O2. The first-order valence-corrected chi connectivity index (χ1v) is 7.99. The largest absolute Gasteiger partial charge is 0.385 e. The van der Waals surface area contributed by atoms with Gasteiger partial charge in [-0.15, -0.1) is 0 Å². The van der Waals surface area contributed by atoms with E-state index in [1.54, 1.807) is 19.5 Å². The molecule has 0 fully saturated rings. The number of nitrogens with zero attached hydrogens (tertiary/aromatic N) is 1. The maximum Gasteiger partial charge on any atom is 0.227 e. The van der Waals surface area contributed by atoms with Crippen LogP contribution in [0.4, 0.5) is 0 Å². The van der Waals surface area contributed by atoms with Gasteiger partial charge in [-0.25, -0.2) is 0 Å². The van der Waals surface area contributed by atoms with Crippen LogP contribution < -0.4 is 5.32 Å². The molecule has 0 aliphatic carbocycles. The molecule has 5 heteroatoms. The number of aromatic nitrogens is 1. The van der Waals surface area contributed by atoms with Crippen molar-refractivity contribution in [2.24, 2.45) is 0 Å². The Morgan fingerprint density at radius 3 is 2.57 bits per heavy atom. The Morgan fingerprint density at radius 2 is 1.91 bits per heavy atom. The van der Waals surface area contributed by atoms with Crippen molar-refractivity contribution in [3.8, 4) is 0 Å². The Kier molecular flexibility index (Phi) is 7.04. The second-order valence-corrected chi connectivity index (χ2v) is 5.74. The van der Waals surface area contributed by atoms with Gasteiger partial charge >= 0.3 is 0 Å². The van der Waals surface area contributed by atoms with Gasteiger partial charge in [-0.1, -0.05) is 23.7 Å². The van der Waals surface area contributed by atoms with Crippen LogP contribution in [-0.4, -0.2) is 31.2 Å². The molecule has 1 aromatic heterocycles. The highest BCUT2D eigenvalue weighted by molar-refractivity contribution is 6.30. The summed E-state index contributed by atoms with van der Waals surface area (Å²) in [5.41, 5.74) is 2.03. The molecule has 122 valence electrons. The Bertz CT molecular complexity index is 602. The summed E-state index contributed by atoms with van der Waals surface area (Å²) >= 11 is 5.95.